The fourth-order valence-electron chi connectivity index (χ4n) is 2.15. The predicted octanol–water partition coefficient (Wildman–Crippen LogP) is 1.64. The van der Waals surface area contributed by atoms with E-state index in [0.29, 0.717) is 11.4 Å². The number of rotatable bonds is 3. The third-order valence-electron chi connectivity index (χ3n) is 3.72. The van der Waals surface area contributed by atoms with Crippen LogP contribution in [0.15, 0.2) is 18.2 Å². The Labute approximate surface area is 131 Å². The van der Waals surface area contributed by atoms with Gasteiger partial charge < -0.3 is 20.4 Å². The first-order valence-electron chi connectivity index (χ1n) is 7.34. The fraction of sp³-hybridized carbons (Fsp3) is 0.533. The zero-order valence-electron chi connectivity index (χ0n) is 12.4. The van der Waals surface area contributed by atoms with Crippen LogP contribution in [0.3, 0.4) is 0 Å². The zero-order valence-corrected chi connectivity index (χ0v) is 13.2. The summed E-state index contributed by atoms with van der Waals surface area (Å²) in [6.45, 7) is 6.56. The average Bonchev–Trinajstić information content (AvgIpc) is 2.39. The van der Waals surface area contributed by atoms with Gasteiger partial charge in [-0.2, -0.15) is 0 Å². The van der Waals surface area contributed by atoms with E-state index in [1.807, 2.05) is 12.1 Å². The van der Waals surface area contributed by atoms with E-state index < -0.39 is 0 Å². The Kier molecular flexibility index (Phi) is 6.29. The SMILES string of the molecule is C1CNC1.CN1CCN(c2ccc(NC=O)cc2Cl)CC1. The Hall–Kier alpha value is -1.30. The van der Waals surface area contributed by atoms with Crippen LogP contribution in [0.1, 0.15) is 6.42 Å². The molecular weight excluding hydrogens is 288 g/mol. The zero-order chi connectivity index (χ0) is 15.1. The van der Waals surface area contributed by atoms with Crippen LogP contribution in [0.4, 0.5) is 11.4 Å². The van der Waals surface area contributed by atoms with Gasteiger partial charge in [0.25, 0.3) is 0 Å². The van der Waals surface area contributed by atoms with Crippen LogP contribution < -0.4 is 15.5 Å². The molecule has 2 aliphatic rings. The van der Waals surface area contributed by atoms with Gasteiger partial charge in [0.2, 0.25) is 6.41 Å². The second-order valence-electron chi connectivity index (χ2n) is 5.32. The van der Waals surface area contributed by atoms with Gasteiger partial charge in [-0.15, -0.1) is 0 Å². The van der Waals surface area contributed by atoms with Crippen molar-refractivity contribution in [3.63, 3.8) is 0 Å². The third kappa shape index (κ3) is 4.88. The molecular formula is C15H23ClN4O. The average molecular weight is 311 g/mol. The van der Waals surface area contributed by atoms with E-state index in [-0.39, 0.29) is 0 Å². The van der Waals surface area contributed by atoms with Gasteiger partial charge in [0, 0.05) is 31.9 Å². The number of hydrogen-bond donors (Lipinski definition) is 2. The van der Waals surface area contributed by atoms with E-state index in [4.69, 9.17) is 11.6 Å². The molecule has 2 aliphatic heterocycles. The minimum Gasteiger partial charge on any atom is -0.368 e. The molecule has 5 nitrogen and oxygen atoms in total. The van der Waals surface area contributed by atoms with Crippen LogP contribution in [-0.4, -0.2) is 57.6 Å². The lowest BCUT2D eigenvalue weighted by Crippen LogP contribution is -2.44. The van der Waals surface area contributed by atoms with E-state index in [0.717, 1.165) is 37.6 Å². The van der Waals surface area contributed by atoms with E-state index in [1.54, 1.807) is 6.07 Å². The molecule has 21 heavy (non-hydrogen) atoms. The minimum atomic E-state index is 0.654. The number of amides is 1. The van der Waals surface area contributed by atoms with Crippen LogP contribution >= 0.6 is 11.6 Å². The predicted molar refractivity (Wildman–Crippen MR) is 88.3 cm³/mol. The van der Waals surface area contributed by atoms with Crippen LogP contribution in [0.2, 0.25) is 5.02 Å². The molecule has 0 saturated carbocycles. The van der Waals surface area contributed by atoms with E-state index in [9.17, 15) is 4.79 Å². The number of nitrogens with one attached hydrogen (secondary N) is 2. The van der Waals surface area contributed by atoms with Crippen molar-refractivity contribution >= 4 is 29.4 Å². The summed E-state index contributed by atoms with van der Waals surface area (Å²) in [4.78, 5) is 14.9. The summed E-state index contributed by atoms with van der Waals surface area (Å²) >= 11 is 6.22. The van der Waals surface area contributed by atoms with Crippen LogP contribution in [0.5, 0.6) is 0 Å². The molecule has 1 aromatic carbocycles. The lowest BCUT2D eigenvalue weighted by atomic mass is 10.2. The maximum atomic E-state index is 10.3. The molecule has 0 radical (unpaired) electrons. The van der Waals surface area contributed by atoms with E-state index in [2.05, 4.69) is 27.5 Å². The Morgan fingerprint density at radius 1 is 1.24 bits per heavy atom. The number of benzene rings is 1. The van der Waals surface area contributed by atoms with Crippen molar-refractivity contribution in [3.05, 3.63) is 23.2 Å². The molecule has 2 saturated heterocycles. The topological polar surface area (TPSA) is 47.6 Å². The highest BCUT2D eigenvalue weighted by molar-refractivity contribution is 6.33. The molecule has 2 N–H and O–H groups in total. The molecule has 0 aromatic heterocycles. The molecule has 0 spiro atoms. The Bertz CT molecular complexity index is 453. The van der Waals surface area contributed by atoms with Crippen molar-refractivity contribution in [2.24, 2.45) is 0 Å². The number of piperazine rings is 1. The summed E-state index contributed by atoms with van der Waals surface area (Å²) in [6, 6.07) is 5.61. The first-order valence-corrected chi connectivity index (χ1v) is 7.72. The highest BCUT2D eigenvalue weighted by atomic mass is 35.5. The van der Waals surface area contributed by atoms with E-state index in [1.165, 1.54) is 19.5 Å². The summed E-state index contributed by atoms with van der Waals surface area (Å²) < 4.78 is 0. The summed E-state index contributed by atoms with van der Waals surface area (Å²) in [6.07, 6.45) is 2.04. The number of hydrogen-bond acceptors (Lipinski definition) is 4. The number of anilines is 2. The number of carbonyl (C=O) groups excluding carboxylic acids is 1. The van der Waals surface area contributed by atoms with Crippen molar-refractivity contribution in [2.75, 3.05) is 56.5 Å². The molecule has 2 fully saturated rings. The van der Waals surface area contributed by atoms with Crippen molar-refractivity contribution < 1.29 is 4.79 Å². The van der Waals surface area contributed by atoms with Gasteiger partial charge >= 0.3 is 0 Å². The van der Waals surface area contributed by atoms with Crippen molar-refractivity contribution in [1.82, 2.24) is 10.2 Å². The first kappa shape index (κ1) is 16.1. The second-order valence-corrected chi connectivity index (χ2v) is 5.73. The molecule has 0 aliphatic carbocycles. The summed E-state index contributed by atoms with van der Waals surface area (Å²) in [5, 5.41) is 6.39. The largest absolute Gasteiger partial charge is 0.368 e. The van der Waals surface area contributed by atoms with Crippen molar-refractivity contribution in [1.29, 1.82) is 0 Å². The molecule has 1 amide bonds. The molecule has 6 heteroatoms. The Morgan fingerprint density at radius 3 is 2.33 bits per heavy atom. The van der Waals surface area contributed by atoms with E-state index >= 15 is 0 Å². The van der Waals surface area contributed by atoms with Gasteiger partial charge in [0.15, 0.2) is 0 Å². The van der Waals surface area contributed by atoms with Gasteiger partial charge in [-0.3, -0.25) is 4.79 Å². The van der Waals surface area contributed by atoms with Gasteiger partial charge in [-0.05, 0) is 44.8 Å². The molecule has 0 atom stereocenters. The molecule has 1 aromatic rings. The summed E-state index contributed by atoms with van der Waals surface area (Å²) in [7, 11) is 2.12. The molecule has 2 heterocycles. The number of likely N-dealkylation sites (N-methyl/N-ethyl adjacent to an activating group) is 1. The highest BCUT2D eigenvalue weighted by Crippen LogP contribution is 2.29. The monoisotopic (exact) mass is 310 g/mol. The lowest BCUT2D eigenvalue weighted by Gasteiger charge is -2.34. The first-order chi connectivity index (χ1) is 10.2. The van der Waals surface area contributed by atoms with Crippen molar-refractivity contribution in [3.8, 4) is 0 Å². The van der Waals surface area contributed by atoms with Crippen LogP contribution in [0.25, 0.3) is 0 Å². The molecule has 0 unspecified atom stereocenters. The standard InChI is InChI=1S/C12H16ClN3O.C3H7N/c1-15-4-6-16(7-5-15)12-3-2-10(14-9-17)8-11(12)13;1-2-4-3-1/h2-3,8-9H,4-7H2,1H3,(H,14,17);4H,1-3H2. The van der Waals surface area contributed by atoms with Gasteiger partial charge in [0.05, 0.1) is 10.7 Å². The van der Waals surface area contributed by atoms with Gasteiger partial charge in [0.1, 0.15) is 0 Å². The Balaban J connectivity index is 0.000000347. The molecule has 0 bridgehead atoms. The smallest absolute Gasteiger partial charge is 0.211 e. The maximum Gasteiger partial charge on any atom is 0.211 e. The van der Waals surface area contributed by atoms with Gasteiger partial charge in [-0.1, -0.05) is 11.6 Å². The number of carbonyl (C=O) groups is 1. The third-order valence-corrected chi connectivity index (χ3v) is 4.03. The van der Waals surface area contributed by atoms with Crippen LogP contribution in [-0.2, 0) is 4.79 Å². The number of nitrogens with zero attached hydrogens (tertiary/aromatic N) is 2. The fourth-order valence-corrected chi connectivity index (χ4v) is 2.45. The summed E-state index contributed by atoms with van der Waals surface area (Å²) in [5.74, 6) is 0. The van der Waals surface area contributed by atoms with Crippen molar-refractivity contribution in [2.45, 2.75) is 6.42 Å². The van der Waals surface area contributed by atoms with Crippen LogP contribution in [0, 0.1) is 0 Å². The molecule has 116 valence electrons. The normalized spacial score (nSPS) is 18.3. The Morgan fingerprint density at radius 2 is 1.86 bits per heavy atom. The lowest BCUT2D eigenvalue weighted by molar-refractivity contribution is -0.105. The summed E-state index contributed by atoms with van der Waals surface area (Å²) in [5.41, 5.74) is 1.76. The van der Waals surface area contributed by atoms with Gasteiger partial charge in [-0.25, -0.2) is 0 Å². The minimum absolute atomic E-state index is 0.654. The second kappa shape index (κ2) is 8.22. The maximum absolute atomic E-state index is 10.3. The number of halogens is 1. The quantitative estimate of drug-likeness (QED) is 0.833. The molecule has 3 rings (SSSR count). The highest BCUT2D eigenvalue weighted by Gasteiger charge is 2.16.